The van der Waals surface area contributed by atoms with Crippen molar-refractivity contribution < 1.29 is 4.79 Å². The SMILES string of the molecule is NC(=O)C(Nc1ncnn2c(Br)ccc12)c1ccc2ccccc2c1. The summed E-state index contributed by atoms with van der Waals surface area (Å²) in [5, 5.41) is 9.47. The maximum Gasteiger partial charge on any atom is 0.244 e. The number of nitrogens with two attached hydrogens (primary N) is 1. The van der Waals surface area contributed by atoms with Gasteiger partial charge in [0.1, 0.15) is 22.5 Å². The van der Waals surface area contributed by atoms with Crippen molar-refractivity contribution in [3.63, 3.8) is 0 Å². The Bertz CT molecular complexity index is 1090. The van der Waals surface area contributed by atoms with Crippen LogP contribution in [0.4, 0.5) is 5.82 Å². The van der Waals surface area contributed by atoms with E-state index in [9.17, 15) is 4.79 Å². The van der Waals surface area contributed by atoms with Crippen LogP contribution < -0.4 is 11.1 Å². The van der Waals surface area contributed by atoms with Crippen molar-refractivity contribution in [2.75, 3.05) is 5.32 Å². The van der Waals surface area contributed by atoms with Gasteiger partial charge in [-0.2, -0.15) is 5.10 Å². The van der Waals surface area contributed by atoms with E-state index in [4.69, 9.17) is 5.73 Å². The lowest BCUT2D eigenvalue weighted by Crippen LogP contribution is -2.28. The number of aromatic nitrogens is 3. The predicted octanol–water partition coefficient (Wildman–Crippen LogP) is 3.28. The van der Waals surface area contributed by atoms with Gasteiger partial charge in [-0.05, 0) is 50.5 Å². The zero-order chi connectivity index (χ0) is 17.4. The molecule has 0 aliphatic rings. The molecule has 0 bridgehead atoms. The summed E-state index contributed by atoms with van der Waals surface area (Å²) < 4.78 is 2.49. The standard InChI is InChI=1S/C18H14BrN5O/c19-15-8-7-14-18(21-10-22-24(14)15)23-16(17(20)25)13-6-5-11-3-1-2-4-12(11)9-13/h1-10,16H,(H2,20,25)(H,21,22,23). The number of anilines is 1. The van der Waals surface area contributed by atoms with Gasteiger partial charge in [-0.1, -0.05) is 36.4 Å². The van der Waals surface area contributed by atoms with Gasteiger partial charge in [0.05, 0.1) is 0 Å². The minimum Gasteiger partial charge on any atom is -0.368 e. The molecule has 4 rings (SSSR count). The van der Waals surface area contributed by atoms with Crippen LogP contribution >= 0.6 is 15.9 Å². The molecule has 0 aliphatic carbocycles. The maximum atomic E-state index is 12.1. The van der Waals surface area contributed by atoms with E-state index >= 15 is 0 Å². The second kappa shape index (κ2) is 6.18. The Morgan fingerprint density at radius 2 is 1.92 bits per heavy atom. The van der Waals surface area contributed by atoms with Crippen LogP contribution in [0.5, 0.6) is 0 Å². The highest BCUT2D eigenvalue weighted by molar-refractivity contribution is 9.10. The fraction of sp³-hybridized carbons (Fsp3) is 0.0556. The van der Waals surface area contributed by atoms with Gasteiger partial charge in [-0.25, -0.2) is 9.50 Å². The van der Waals surface area contributed by atoms with E-state index in [-0.39, 0.29) is 0 Å². The molecule has 2 heterocycles. The van der Waals surface area contributed by atoms with Crippen molar-refractivity contribution in [3.8, 4) is 0 Å². The monoisotopic (exact) mass is 395 g/mol. The number of carbonyl (C=O) groups is 1. The average Bonchev–Trinajstić information content (AvgIpc) is 3.01. The molecule has 0 saturated heterocycles. The zero-order valence-electron chi connectivity index (χ0n) is 13.1. The summed E-state index contributed by atoms with van der Waals surface area (Å²) in [6, 6.07) is 16.8. The molecule has 3 N–H and O–H groups in total. The highest BCUT2D eigenvalue weighted by Crippen LogP contribution is 2.26. The minimum absolute atomic E-state index is 0.474. The summed E-state index contributed by atoms with van der Waals surface area (Å²) in [7, 11) is 0. The molecule has 1 amide bonds. The Morgan fingerprint density at radius 3 is 2.72 bits per heavy atom. The number of hydrogen-bond acceptors (Lipinski definition) is 4. The summed E-state index contributed by atoms with van der Waals surface area (Å²) in [5.74, 6) is 0.0651. The van der Waals surface area contributed by atoms with Gasteiger partial charge in [0.15, 0.2) is 5.82 Å². The molecule has 0 fully saturated rings. The first-order valence-electron chi connectivity index (χ1n) is 7.66. The van der Waals surface area contributed by atoms with Gasteiger partial charge in [0.2, 0.25) is 5.91 Å². The lowest BCUT2D eigenvalue weighted by molar-refractivity contribution is -0.118. The van der Waals surface area contributed by atoms with Crippen LogP contribution in [0.1, 0.15) is 11.6 Å². The fourth-order valence-electron chi connectivity index (χ4n) is 2.86. The molecule has 124 valence electrons. The van der Waals surface area contributed by atoms with Crippen LogP contribution in [-0.2, 0) is 4.79 Å². The first-order valence-corrected chi connectivity index (χ1v) is 8.45. The van der Waals surface area contributed by atoms with Crippen LogP contribution in [0.2, 0.25) is 0 Å². The van der Waals surface area contributed by atoms with Gasteiger partial charge >= 0.3 is 0 Å². The summed E-state index contributed by atoms with van der Waals surface area (Å²) in [6.07, 6.45) is 1.43. The molecule has 2 aromatic heterocycles. The van der Waals surface area contributed by atoms with E-state index in [2.05, 4.69) is 31.3 Å². The first-order chi connectivity index (χ1) is 12.1. The number of primary amides is 1. The van der Waals surface area contributed by atoms with Gasteiger partial charge in [0, 0.05) is 0 Å². The van der Waals surface area contributed by atoms with Crippen LogP contribution in [0.25, 0.3) is 16.3 Å². The molecular weight excluding hydrogens is 382 g/mol. The topological polar surface area (TPSA) is 85.3 Å². The lowest BCUT2D eigenvalue weighted by atomic mass is 10.0. The minimum atomic E-state index is -0.697. The second-order valence-electron chi connectivity index (χ2n) is 5.65. The number of nitrogens with one attached hydrogen (secondary N) is 1. The molecular formula is C18H14BrN5O. The third kappa shape index (κ3) is 2.83. The van der Waals surface area contributed by atoms with Crippen molar-refractivity contribution in [2.24, 2.45) is 5.73 Å². The normalized spacial score (nSPS) is 12.4. The molecule has 0 aliphatic heterocycles. The summed E-state index contributed by atoms with van der Waals surface area (Å²) in [6.45, 7) is 0. The predicted molar refractivity (Wildman–Crippen MR) is 100 cm³/mol. The molecule has 6 nitrogen and oxygen atoms in total. The van der Waals surface area contributed by atoms with E-state index in [1.54, 1.807) is 4.52 Å². The Hall–Kier alpha value is -2.93. The summed E-state index contributed by atoms with van der Waals surface area (Å²) >= 11 is 3.42. The van der Waals surface area contributed by atoms with E-state index in [1.165, 1.54) is 6.33 Å². The van der Waals surface area contributed by atoms with E-state index in [1.807, 2.05) is 54.6 Å². The van der Waals surface area contributed by atoms with E-state index in [0.717, 1.165) is 26.5 Å². The number of nitrogens with zero attached hydrogens (tertiary/aromatic N) is 3. The van der Waals surface area contributed by atoms with Crippen molar-refractivity contribution in [1.29, 1.82) is 0 Å². The second-order valence-corrected chi connectivity index (χ2v) is 6.46. The van der Waals surface area contributed by atoms with E-state index in [0.29, 0.717) is 5.82 Å². The molecule has 7 heteroatoms. The van der Waals surface area contributed by atoms with Crippen LogP contribution in [0.3, 0.4) is 0 Å². The molecule has 0 spiro atoms. The smallest absolute Gasteiger partial charge is 0.244 e. The van der Waals surface area contributed by atoms with Gasteiger partial charge in [0.25, 0.3) is 0 Å². The molecule has 0 saturated carbocycles. The number of benzene rings is 2. The Labute approximate surface area is 151 Å². The number of halogens is 1. The van der Waals surface area contributed by atoms with Gasteiger partial charge in [-0.15, -0.1) is 0 Å². The molecule has 25 heavy (non-hydrogen) atoms. The highest BCUT2D eigenvalue weighted by atomic mass is 79.9. The number of fused-ring (bicyclic) bond motifs is 2. The summed E-state index contributed by atoms with van der Waals surface area (Å²) in [5.41, 5.74) is 7.19. The fourth-order valence-corrected chi connectivity index (χ4v) is 3.27. The maximum absolute atomic E-state index is 12.1. The number of carbonyl (C=O) groups excluding carboxylic acids is 1. The molecule has 0 radical (unpaired) electrons. The summed E-state index contributed by atoms with van der Waals surface area (Å²) in [4.78, 5) is 16.3. The van der Waals surface area contributed by atoms with Crippen LogP contribution in [-0.4, -0.2) is 20.5 Å². The molecule has 1 unspecified atom stereocenters. The highest BCUT2D eigenvalue weighted by Gasteiger charge is 2.20. The largest absolute Gasteiger partial charge is 0.368 e. The zero-order valence-corrected chi connectivity index (χ0v) is 14.6. The first kappa shape index (κ1) is 15.6. The van der Waals surface area contributed by atoms with Gasteiger partial charge < -0.3 is 11.1 Å². The third-order valence-corrected chi connectivity index (χ3v) is 4.68. The van der Waals surface area contributed by atoms with Crippen molar-refractivity contribution in [1.82, 2.24) is 14.6 Å². The Kier molecular flexibility index (Phi) is 3.85. The van der Waals surface area contributed by atoms with Crippen LogP contribution in [0.15, 0.2) is 65.5 Å². The average molecular weight is 396 g/mol. The van der Waals surface area contributed by atoms with E-state index < -0.39 is 11.9 Å². The van der Waals surface area contributed by atoms with Crippen molar-refractivity contribution in [2.45, 2.75) is 6.04 Å². The molecule has 4 aromatic rings. The third-order valence-electron chi connectivity index (χ3n) is 4.08. The van der Waals surface area contributed by atoms with Crippen molar-refractivity contribution in [3.05, 3.63) is 71.1 Å². The quantitative estimate of drug-likeness (QED) is 0.555. The van der Waals surface area contributed by atoms with Crippen molar-refractivity contribution >= 4 is 43.9 Å². The molecule has 2 aromatic carbocycles. The number of hydrogen-bond donors (Lipinski definition) is 2. The number of amides is 1. The Balaban J connectivity index is 1.77. The van der Waals surface area contributed by atoms with Crippen LogP contribution in [0, 0.1) is 0 Å². The van der Waals surface area contributed by atoms with Gasteiger partial charge in [-0.3, -0.25) is 4.79 Å². The molecule has 1 atom stereocenters. The number of rotatable bonds is 4. The lowest BCUT2D eigenvalue weighted by Gasteiger charge is -2.17. The Morgan fingerprint density at radius 1 is 1.12 bits per heavy atom.